The van der Waals surface area contributed by atoms with Crippen molar-refractivity contribution in [3.8, 4) is 0 Å². The first-order valence-electron chi connectivity index (χ1n) is 9.03. The molecule has 2 amide bonds. The van der Waals surface area contributed by atoms with E-state index in [2.05, 4.69) is 4.98 Å². The molecule has 0 saturated carbocycles. The quantitative estimate of drug-likeness (QED) is 0.843. The highest BCUT2D eigenvalue weighted by Gasteiger charge is 2.24. The smallest absolute Gasteiger partial charge is 0.273 e. The zero-order valence-corrected chi connectivity index (χ0v) is 15.9. The van der Waals surface area contributed by atoms with E-state index in [9.17, 15) is 14.0 Å². The molecule has 0 unspecified atom stereocenters. The van der Waals surface area contributed by atoms with Crippen LogP contribution in [0.4, 0.5) is 4.39 Å². The van der Waals surface area contributed by atoms with Crippen LogP contribution in [-0.4, -0.2) is 59.3 Å². The largest absolute Gasteiger partial charge is 0.341 e. The molecule has 1 aromatic carbocycles. The second-order valence-corrected chi connectivity index (χ2v) is 7.44. The van der Waals surface area contributed by atoms with Crippen molar-refractivity contribution in [2.45, 2.75) is 19.3 Å². The van der Waals surface area contributed by atoms with E-state index in [4.69, 9.17) is 5.73 Å². The SMILES string of the molecule is NCCc1nc(C(=O)N2CCCN(C(=O)Cc3cccc(F)c3)CC2)cs1. The lowest BCUT2D eigenvalue weighted by molar-refractivity contribution is -0.130. The van der Waals surface area contributed by atoms with Crippen molar-refractivity contribution in [2.24, 2.45) is 5.73 Å². The third-order valence-corrected chi connectivity index (χ3v) is 5.42. The van der Waals surface area contributed by atoms with E-state index in [1.807, 2.05) is 0 Å². The minimum absolute atomic E-state index is 0.0474. The second kappa shape index (κ2) is 9.05. The van der Waals surface area contributed by atoms with E-state index in [0.717, 1.165) is 5.01 Å². The van der Waals surface area contributed by atoms with E-state index in [1.165, 1.54) is 23.5 Å². The number of hydrogen-bond donors (Lipinski definition) is 1. The standard InChI is InChI=1S/C19H23FN4O2S/c20-15-4-1-3-14(11-15)12-18(25)23-7-2-8-24(10-9-23)19(26)16-13-27-17(22-16)5-6-21/h1,3-4,11,13H,2,5-10,12,21H2. The van der Waals surface area contributed by atoms with Crippen LogP contribution in [-0.2, 0) is 17.6 Å². The lowest BCUT2D eigenvalue weighted by atomic mass is 10.1. The average molecular weight is 390 g/mol. The molecule has 3 rings (SSSR count). The monoisotopic (exact) mass is 390 g/mol. The zero-order chi connectivity index (χ0) is 19.2. The number of amides is 2. The van der Waals surface area contributed by atoms with Gasteiger partial charge in [-0.05, 0) is 30.7 Å². The summed E-state index contributed by atoms with van der Waals surface area (Å²) in [7, 11) is 0. The molecule has 0 radical (unpaired) electrons. The van der Waals surface area contributed by atoms with Gasteiger partial charge in [-0.2, -0.15) is 0 Å². The third-order valence-electron chi connectivity index (χ3n) is 4.51. The molecule has 0 bridgehead atoms. The number of benzene rings is 1. The summed E-state index contributed by atoms with van der Waals surface area (Å²) in [5, 5.41) is 2.63. The van der Waals surface area contributed by atoms with Crippen molar-refractivity contribution in [1.29, 1.82) is 0 Å². The topological polar surface area (TPSA) is 79.5 Å². The number of nitrogens with two attached hydrogens (primary N) is 1. The minimum atomic E-state index is -0.342. The molecule has 0 spiro atoms. The average Bonchev–Trinajstić information content (AvgIpc) is 2.97. The van der Waals surface area contributed by atoms with E-state index in [0.29, 0.717) is 56.8 Å². The number of nitrogens with zero attached hydrogens (tertiary/aromatic N) is 3. The summed E-state index contributed by atoms with van der Waals surface area (Å²) in [6.45, 7) is 2.63. The van der Waals surface area contributed by atoms with Gasteiger partial charge in [0.05, 0.1) is 11.4 Å². The first-order valence-corrected chi connectivity index (χ1v) is 9.90. The van der Waals surface area contributed by atoms with Gasteiger partial charge < -0.3 is 15.5 Å². The van der Waals surface area contributed by atoms with E-state index in [1.54, 1.807) is 27.3 Å². The van der Waals surface area contributed by atoms with Crippen LogP contribution in [0, 0.1) is 5.82 Å². The second-order valence-electron chi connectivity index (χ2n) is 6.50. The number of thiazole rings is 1. The Kier molecular flexibility index (Phi) is 6.52. The molecule has 2 aromatic rings. The van der Waals surface area contributed by atoms with Crippen molar-refractivity contribution in [3.05, 3.63) is 51.7 Å². The minimum Gasteiger partial charge on any atom is -0.341 e. The summed E-state index contributed by atoms with van der Waals surface area (Å²) in [5.41, 5.74) is 6.64. The number of halogens is 1. The highest BCUT2D eigenvalue weighted by molar-refractivity contribution is 7.09. The van der Waals surface area contributed by atoms with Gasteiger partial charge in [-0.15, -0.1) is 11.3 Å². The van der Waals surface area contributed by atoms with Crippen LogP contribution in [0.1, 0.15) is 27.5 Å². The molecule has 1 saturated heterocycles. The Morgan fingerprint density at radius 3 is 2.74 bits per heavy atom. The highest BCUT2D eigenvalue weighted by atomic mass is 32.1. The fourth-order valence-corrected chi connectivity index (χ4v) is 3.90. The van der Waals surface area contributed by atoms with Gasteiger partial charge in [0.1, 0.15) is 11.5 Å². The number of aromatic nitrogens is 1. The van der Waals surface area contributed by atoms with Gasteiger partial charge in [0, 0.05) is 38.0 Å². The maximum Gasteiger partial charge on any atom is 0.273 e. The van der Waals surface area contributed by atoms with Gasteiger partial charge in [-0.1, -0.05) is 12.1 Å². The molecule has 1 fully saturated rings. The number of hydrogen-bond acceptors (Lipinski definition) is 5. The molecular weight excluding hydrogens is 367 g/mol. The van der Waals surface area contributed by atoms with Crippen molar-refractivity contribution < 1.29 is 14.0 Å². The van der Waals surface area contributed by atoms with Crippen LogP contribution in [0.15, 0.2) is 29.6 Å². The Bertz CT molecular complexity index is 811. The maximum atomic E-state index is 13.3. The summed E-state index contributed by atoms with van der Waals surface area (Å²) >= 11 is 1.45. The van der Waals surface area contributed by atoms with Crippen LogP contribution in [0.2, 0.25) is 0 Å². The highest BCUT2D eigenvalue weighted by Crippen LogP contribution is 2.15. The fourth-order valence-electron chi connectivity index (χ4n) is 3.11. The van der Waals surface area contributed by atoms with E-state index < -0.39 is 0 Å². The number of rotatable bonds is 5. The Balaban J connectivity index is 1.57. The fraction of sp³-hybridized carbons (Fsp3) is 0.421. The van der Waals surface area contributed by atoms with Crippen molar-refractivity contribution in [1.82, 2.24) is 14.8 Å². The van der Waals surface area contributed by atoms with Crippen molar-refractivity contribution >= 4 is 23.2 Å². The zero-order valence-electron chi connectivity index (χ0n) is 15.1. The molecule has 27 heavy (non-hydrogen) atoms. The summed E-state index contributed by atoms with van der Waals surface area (Å²) in [4.78, 5) is 33.1. The van der Waals surface area contributed by atoms with Crippen LogP contribution in [0.5, 0.6) is 0 Å². The van der Waals surface area contributed by atoms with Gasteiger partial charge in [-0.3, -0.25) is 9.59 Å². The number of carbonyl (C=O) groups excluding carboxylic acids is 2. The molecular formula is C19H23FN4O2S. The predicted octanol–water partition coefficient (Wildman–Crippen LogP) is 1.70. The summed E-state index contributed by atoms with van der Waals surface area (Å²) in [6, 6.07) is 6.09. The van der Waals surface area contributed by atoms with Gasteiger partial charge in [0.25, 0.3) is 5.91 Å². The van der Waals surface area contributed by atoms with E-state index >= 15 is 0 Å². The molecule has 2 N–H and O–H groups in total. The van der Waals surface area contributed by atoms with Crippen LogP contribution < -0.4 is 5.73 Å². The third kappa shape index (κ3) is 5.11. The van der Waals surface area contributed by atoms with E-state index in [-0.39, 0.29) is 24.1 Å². The normalized spacial score (nSPS) is 14.9. The van der Waals surface area contributed by atoms with Crippen molar-refractivity contribution in [2.75, 3.05) is 32.7 Å². The first kappa shape index (κ1) is 19.4. The molecule has 2 heterocycles. The lowest BCUT2D eigenvalue weighted by Crippen LogP contribution is -2.38. The van der Waals surface area contributed by atoms with Crippen molar-refractivity contribution in [3.63, 3.8) is 0 Å². The van der Waals surface area contributed by atoms with Gasteiger partial charge in [-0.25, -0.2) is 9.37 Å². The van der Waals surface area contributed by atoms with Gasteiger partial charge in [0.15, 0.2) is 0 Å². The number of carbonyl (C=O) groups is 2. The van der Waals surface area contributed by atoms with Gasteiger partial charge in [0.2, 0.25) is 5.91 Å². The predicted molar refractivity (Wildman–Crippen MR) is 102 cm³/mol. The Labute approximate surface area is 161 Å². The first-order chi connectivity index (χ1) is 13.1. The molecule has 0 aliphatic carbocycles. The summed E-state index contributed by atoms with van der Waals surface area (Å²) in [5.74, 6) is -0.493. The summed E-state index contributed by atoms with van der Waals surface area (Å²) in [6.07, 6.45) is 1.54. The summed E-state index contributed by atoms with van der Waals surface area (Å²) < 4.78 is 13.3. The van der Waals surface area contributed by atoms with Crippen LogP contribution in [0.3, 0.4) is 0 Å². The molecule has 1 aliphatic heterocycles. The molecule has 144 valence electrons. The molecule has 8 heteroatoms. The van der Waals surface area contributed by atoms with Gasteiger partial charge >= 0.3 is 0 Å². The van der Waals surface area contributed by atoms with Crippen LogP contribution >= 0.6 is 11.3 Å². The lowest BCUT2D eigenvalue weighted by Gasteiger charge is -2.22. The molecule has 0 atom stereocenters. The maximum absolute atomic E-state index is 13.3. The Morgan fingerprint density at radius 1 is 1.19 bits per heavy atom. The Morgan fingerprint density at radius 2 is 1.96 bits per heavy atom. The van der Waals surface area contributed by atoms with Crippen LogP contribution in [0.25, 0.3) is 0 Å². The molecule has 1 aliphatic rings. The molecule has 1 aromatic heterocycles. The Hall–Kier alpha value is -2.32. The molecule has 6 nitrogen and oxygen atoms in total.